The highest BCUT2D eigenvalue weighted by Crippen LogP contribution is 2.18. The van der Waals surface area contributed by atoms with E-state index < -0.39 is 62.5 Å². The number of hydrogen-bond donors (Lipinski definition) is 4. The first-order valence-electron chi connectivity index (χ1n) is 16.0. The third-order valence-electron chi connectivity index (χ3n) is 7.80. The molecule has 13 heteroatoms. The van der Waals surface area contributed by atoms with Crippen molar-refractivity contribution in [3.05, 3.63) is 95.1 Å². The molecule has 1 unspecified atom stereocenters. The van der Waals surface area contributed by atoms with Crippen LogP contribution in [0.5, 0.6) is 0 Å². The predicted molar refractivity (Wildman–Crippen MR) is 176 cm³/mol. The van der Waals surface area contributed by atoms with Gasteiger partial charge in [0, 0.05) is 31.5 Å². The van der Waals surface area contributed by atoms with E-state index in [1.54, 1.807) is 0 Å². The summed E-state index contributed by atoms with van der Waals surface area (Å²) in [4.78, 5) is 34.7. The highest BCUT2D eigenvalue weighted by molar-refractivity contribution is 7.92. The Balaban J connectivity index is 1.87. The van der Waals surface area contributed by atoms with Gasteiger partial charge in [0.15, 0.2) is 9.84 Å². The van der Waals surface area contributed by atoms with Crippen LogP contribution in [0.4, 0.5) is 8.78 Å². The molecule has 4 N–H and O–H groups in total. The lowest BCUT2D eigenvalue weighted by Gasteiger charge is -2.28. The Hall–Kier alpha value is -3.81. The molecule has 0 spiro atoms. The third-order valence-corrected chi connectivity index (χ3v) is 10.1. The van der Waals surface area contributed by atoms with Gasteiger partial charge in [-0.15, -0.1) is 0 Å². The van der Waals surface area contributed by atoms with E-state index in [1.165, 1.54) is 18.6 Å². The maximum atomic E-state index is 14.1. The second kappa shape index (κ2) is 18.5. The molecule has 0 aliphatic heterocycles. The highest BCUT2D eigenvalue weighted by Gasteiger charge is 2.34. The molecule has 2 aromatic carbocycles. The first-order chi connectivity index (χ1) is 22.4. The monoisotopic (exact) mass is 673 g/mol. The number of amides is 2. The number of nitrogens with zero attached hydrogens (tertiary/aromatic N) is 2. The van der Waals surface area contributed by atoms with Crippen LogP contribution in [-0.2, 0) is 34.0 Å². The predicted octanol–water partition coefficient (Wildman–Crippen LogP) is 3.68. The third kappa shape index (κ3) is 12.1. The van der Waals surface area contributed by atoms with Gasteiger partial charge in [0.05, 0.1) is 29.3 Å². The minimum absolute atomic E-state index is 0.0108. The number of carbonyl (C=O) groups excluding carboxylic acids is 2. The van der Waals surface area contributed by atoms with Crippen molar-refractivity contribution in [3.63, 3.8) is 0 Å². The van der Waals surface area contributed by atoms with Gasteiger partial charge in [-0.25, -0.2) is 22.2 Å². The van der Waals surface area contributed by atoms with Crippen molar-refractivity contribution < 1.29 is 31.9 Å². The fourth-order valence-corrected chi connectivity index (χ4v) is 7.52. The quantitative estimate of drug-likeness (QED) is 0.151. The molecule has 0 aliphatic carbocycles. The molecule has 1 aromatic heterocycles. The number of aliphatic hydroxyl groups excluding tert-OH is 1. The molecule has 256 valence electrons. The van der Waals surface area contributed by atoms with Crippen molar-refractivity contribution in [2.75, 3.05) is 12.3 Å². The zero-order valence-electron chi connectivity index (χ0n) is 27.1. The summed E-state index contributed by atoms with van der Waals surface area (Å²) < 4.78 is 55.3. The minimum Gasteiger partial charge on any atom is -0.390 e. The average Bonchev–Trinajstić information content (AvgIpc) is 3.03. The van der Waals surface area contributed by atoms with Gasteiger partial charge in [0.1, 0.15) is 23.4 Å². The van der Waals surface area contributed by atoms with Gasteiger partial charge < -0.3 is 21.1 Å². The van der Waals surface area contributed by atoms with E-state index in [0.29, 0.717) is 38.3 Å². The number of benzene rings is 2. The molecule has 1 heterocycles. The number of halogens is 2. The van der Waals surface area contributed by atoms with E-state index in [9.17, 15) is 31.9 Å². The number of aromatic nitrogens is 2. The lowest BCUT2D eigenvalue weighted by Crippen LogP contribution is -2.57. The molecular weight excluding hydrogens is 628 g/mol. The lowest BCUT2D eigenvalue weighted by atomic mass is 10.00. The van der Waals surface area contributed by atoms with Gasteiger partial charge in [-0.3, -0.25) is 14.6 Å². The summed E-state index contributed by atoms with van der Waals surface area (Å²) in [7, 11) is -3.88. The molecule has 0 radical (unpaired) electrons. The van der Waals surface area contributed by atoms with E-state index in [1.807, 2.05) is 45.0 Å². The van der Waals surface area contributed by atoms with Crippen LogP contribution in [0, 0.1) is 11.6 Å². The van der Waals surface area contributed by atoms with E-state index >= 15 is 0 Å². The molecule has 3 atom stereocenters. The smallest absolute Gasteiger partial charge is 0.272 e. The van der Waals surface area contributed by atoms with Crippen molar-refractivity contribution in [1.82, 2.24) is 25.9 Å². The molecular formula is C34H45F2N5O5S. The zero-order valence-corrected chi connectivity index (χ0v) is 27.9. The second-order valence-electron chi connectivity index (χ2n) is 11.6. The average molecular weight is 674 g/mol. The maximum Gasteiger partial charge on any atom is 0.272 e. The topological polar surface area (TPSA) is 150 Å². The molecule has 3 aromatic rings. The van der Waals surface area contributed by atoms with E-state index in [-0.39, 0.29) is 24.2 Å². The summed E-state index contributed by atoms with van der Waals surface area (Å²) in [6.07, 6.45) is 5.25. The van der Waals surface area contributed by atoms with Crippen molar-refractivity contribution in [2.45, 2.75) is 89.3 Å². The van der Waals surface area contributed by atoms with Crippen LogP contribution in [-0.4, -0.2) is 71.0 Å². The fraction of sp³-hybridized carbons (Fsp3) is 0.471. The molecule has 3 rings (SSSR count). The number of sulfone groups is 1. The SMILES string of the molecule is CCCC(CCC)S(=O)(=O)CC(NC(=O)c1cnccn1)C(=O)N[C@@H](Cc1cc(F)cc(F)c1)[C@H](O)CNCc1cccc(CC)c1. The number of aryl methyl sites for hydroxylation is 1. The van der Waals surface area contributed by atoms with Crippen LogP contribution in [0.1, 0.15) is 73.6 Å². The first-order valence-corrected chi connectivity index (χ1v) is 17.7. The summed E-state index contributed by atoms with van der Waals surface area (Å²) in [6.45, 7) is 6.18. The Morgan fingerprint density at radius 3 is 2.21 bits per heavy atom. The molecule has 2 amide bonds. The van der Waals surface area contributed by atoms with Gasteiger partial charge in [0.2, 0.25) is 5.91 Å². The first kappa shape index (κ1) is 37.6. The highest BCUT2D eigenvalue weighted by atomic mass is 32.2. The summed E-state index contributed by atoms with van der Waals surface area (Å²) in [5.74, 6) is -4.04. The molecule has 0 saturated heterocycles. The Morgan fingerprint density at radius 1 is 0.915 bits per heavy atom. The molecule has 0 aliphatic rings. The Kier molecular flexibility index (Phi) is 14.8. The van der Waals surface area contributed by atoms with Crippen molar-refractivity contribution in [3.8, 4) is 0 Å². The van der Waals surface area contributed by atoms with E-state index in [2.05, 4.69) is 25.9 Å². The summed E-state index contributed by atoms with van der Waals surface area (Å²) in [6, 6.07) is 8.13. The molecule has 0 bridgehead atoms. The number of carbonyl (C=O) groups is 2. The molecule has 0 fully saturated rings. The van der Waals surface area contributed by atoms with Crippen molar-refractivity contribution in [1.29, 1.82) is 0 Å². The zero-order chi connectivity index (χ0) is 34.4. The van der Waals surface area contributed by atoms with Gasteiger partial charge in [-0.05, 0) is 54.5 Å². The number of aliphatic hydroxyl groups is 1. The van der Waals surface area contributed by atoms with Crippen LogP contribution >= 0.6 is 0 Å². The van der Waals surface area contributed by atoms with Gasteiger partial charge in [-0.1, -0.05) is 57.9 Å². The summed E-state index contributed by atoms with van der Waals surface area (Å²) in [5, 5.41) is 18.8. The summed E-state index contributed by atoms with van der Waals surface area (Å²) >= 11 is 0. The molecule has 0 saturated carbocycles. The van der Waals surface area contributed by atoms with Gasteiger partial charge in [0.25, 0.3) is 5.91 Å². The lowest BCUT2D eigenvalue weighted by molar-refractivity contribution is -0.124. The normalized spacial score (nSPS) is 13.6. The van der Waals surface area contributed by atoms with Crippen LogP contribution in [0.15, 0.2) is 61.1 Å². The number of rotatable bonds is 19. The number of nitrogens with one attached hydrogen (secondary N) is 3. The molecule has 10 nitrogen and oxygen atoms in total. The second-order valence-corrected chi connectivity index (χ2v) is 13.9. The van der Waals surface area contributed by atoms with Crippen molar-refractivity contribution in [2.24, 2.45) is 0 Å². The maximum absolute atomic E-state index is 14.1. The van der Waals surface area contributed by atoms with Crippen LogP contribution in [0.2, 0.25) is 0 Å². The molecule has 47 heavy (non-hydrogen) atoms. The van der Waals surface area contributed by atoms with Crippen LogP contribution in [0.25, 0.3) is 0 Å². The van der Waals surface area contributed by atoms with E-state index in [0.717, 1.165) is 29.7 Å². The summed E-state index contributed by atoms with van der Waals surface area (Å²) in [5.41, 5.74) is 2.17. The van der Waals surface area contributed by atoms with Gasteiger partial charge in [-0.2, -0.15) is 0 Å². The fourth-order valence-electron chi connectivity index (χ4n) is 5.36. The largest absolute Gasteiger partial charge is 0.390 e. The van der Waals surface area contributed by atoms with Crippen LogP contribution in [0.3, 0.4) is 0 Å². The Morgan fingerprint density at radius 2 is 1.60 bits per heavy atom. The van der Waals surface area contributed by atoms with E-state index in [4.69, 9.17) is 0 Å². The van der Waals surface area contributed by atoms with Gasteiger partial charge >= 0.3 is 0 Å². The Labute approximate surface area is 275 Å². The standard InChI is InChI=1S/C34H45F2N5O5S/c1-4-8-28(9-5-2)47(45,46)22-31(41-33(43)30-20-37-12-13-39-30)34(44)40-29(17-25-15-26(35)18-27(36)16-25)32(42)21-38-19-24-11-7-10-23(6-3)14-24/h7,10-16,18,20,28-29,31-32,38,42H,4-6,8-9,17,19,21-22H2,1-3H3,(H,40,44)(H,41,43)/t29-,31?,32+/m0/s1. The van der Waals surface area contributed by atoms with Crippen molar-refractivity contribution >= 4 is 21.7 Å². The minimum atomic E-state index is -3.88. The number of hydrogen-bond acceptors (Lipinski definition) is 8. The Bertz CT molecular complexity index is 1540. The van der Waals surface area contributed by atoms with Crippen LogP contribution < -0.4 is 16.0 Å².